The maximum Gasteiger partial charge on any atom is 0.285 e. The third-order valence-corrected chi connectivity index (χ3v) is 6.22. The molecule has 0 unspecified atom stereocenters. The maximum absolute atomic E-state index is 14.1. The molecule has 0 radical (unpaired) electrons. The highest BCUT2D eigenvalue weighted by atomic mass is 35.5. The Bertz CT molecular complexity index is 1210. The molecule has 2 aliphatic rings. The van der Waals surface area contributed by atoms with Crippen LogP contribution in [0.4, 0.5) is 10.1 Å². The number of amides is 1. The summed E-state index contributed by atoms with van der Waals surface area (Å²) in [5.41, 5.74) is 0.689. The molecule has 1 amide bonds. The highest BCUT2D eigenvalue weighted by molar-refractivity contribution is 6.30. The van der Waals surface area contributed by atoms with E-state index in [2.05, 4.69) is 15.2 Å². The van der Waals surface area contributed by atoms with Crippen molar-refractivity contribution in [3.05, 3.63) is 92.9 Å². The number of aromatic nitrogens is 2. The summed E-state index contributed by atoms with van der Waals surface area (Å²) in [6, 6.07) is 13.6. The number of likely N-dealkylation sites (tertiary alicyclic amines) is 1. The molecular weight excluding hydrogens is 419 g/mol. The lowest BCUT2D eigenvalue weighted by atomic mass is 9.99. The van der Waals surface area contributed by atoms with E-state index in [9.17, 15) is 14.0 Å². The quantitative estimate of drug-likeness (QED) is 0.676. The van der Waals surface area contributed by atoms with Crippen molar-refractivity contribution in [1.82, 2.24) is 14.5 Å². The molecule has 2 aromatic carbocycles. The molecule has 0 aliphatic carbocycles. The minimum atomic E-state index is -0.528. The van der Waals surface area contributed by atoms with Crippen LogP contribution >= 0.6 is 11.6 Å². The minimum Gasteiger partial charge on any atom is -0.335 e. The number of hydrogen-bond donors (Lipinski definition) is 1. The number of carbonyl (C=O) groups excluding carboxylic acids is 1. The number of halogens is 2. The van der Waals surface area contributed by atoms with Gasteiger partial charge in [0.15, 0.2) is 0 Å². The third-order valence-electron chi connectivity index (χ3n) is 5.98. The molecule has 3 heterocycles. The van der Waals surface area contributed by atoms with E-state index in [0.29, 0.717) is 41.7 Å². The first-order valence-electron chi connectivity index (χ1n) is 10.1. The SMILES string of the molecule is O=C(Nc1ccccc1)c1cn2c(nc1=O)[C@@H]1CN(Cc3cc(Cl)ccc3F)C[C@@H]1C2. The molecule has 2 aliphatic heterocycles. The van der Waals surface area contributed by atoms with Crippen LogP contribution in [0.1, 0.15) is 27.7 Å². The number of hydrogen-bond acceptors (Lipinski definition) is 4. The van der Waals surface area contributed by atoms with Crippen LogP contribution in [-0.4, -0.2) is 33.4 Å². The summed E-state index contributed by atoms with van der Waals surface area (Å²) in [5, 5.41) is 3.25. The van der Waals surface area contributed by atoms with Crippen LogP contribution in [0.25, 0.3) is 0 Å². The van der Waals surface area contributed by atoms with Crippen molar-refractivity contribution >= 4 is 23.2 Å². The van der Waals surface area contributed by atoms with Crippen LogP contribution in [0.15, 0.2) is 59.5 Å². The Morgan fingerprint density at radius 3 is 2.77 bits per heavy atom. The lowest BCUT2D eigenvalue weighted by Gasteiger charge is -2.18. The van der Waals surface area contributed by atoms with Crippen LogP contribution < -0.4 is 10.9 Å². The van der Waals surface area contributed by atoms with E-state index in [4.69, 9.17) is 11.6 Å². The molecule has 8 heteroatoms. The molecular formula is C23H20ClFN4O2. The van der Waals surface area contributed by atoms with Gasteiger partial charge in [0.1, 0.15) is 17.2 Å². The van der Waals surface area contributed by atoms with Gasteiger partial charge in [-0.1, -0.05) is 29.8 Å². The van der Waals surface area contributed by atoms with Crippen LogP contribution in [0.5, 0.6) is 0 Å². The molecule has 1 aromatic heterocycles. The van der Waals surface area contributed by atoms with Gasteiger partial charge in [0.05, 0.1) is 0 Å². The van der Waals surface area contributed by atoms with Crippen molar-refractivity contribution in [1.29, 1.82) is 0 Å². The molecule has 5 rings (SSSR count). The number of carbonyl (C=O) groups is 1. The van der Waals surface area contributed by atoms with Gasteiger partial charge < -0.3 is 9.88 Å². The Labute approximate surface area is 183 Å². The maximum atomic E-state index is 14.1. The molecule has 3 aromatic rings. The van der Waals surface area contributed by atoms with E-state index < -0.39 is 11.5 Å². The number of anilines is 1. The summed E-state index contributed by atoms with van der Waals surface area (Å²) >= 11 is 6.01. The van der Waals surface area contributed by atoms with Gasteiger partial charge in [0.2, 0.25) is 0 Å². The summed E-state index contributed by atoms with van der Waals surface area (Å²) in [6.45, 7) is 2.58. The lowest BCUT2D eigenvalue weighted by Crippen LogP contribution is -2.28. The van der Waals surface area contributed by atoms with Crippen LogP contribution in [0.3, 0.4) is 0 Å². The topological polar surface area (TPSA) is 67.2 Å². The molecule has 6 nitrogen and oxygen atoms in total. The molecule has 0 spiro atoms. The van der Waals surface area contributed by atoms with Crippen LogP contribution in [0.2, 0.25) is 5.02 Å². The highest BCUT2D eigenvalue weighted by Gasteiger charge is 2.41. The largest absolute Gasteiger partial charge is 0.335 e. The Kier molecular flexibility index (Phi) is 5.08. The molecule has 0 saturated carbocycles. The fourth-order valence-corrected chi connectivity index (χ4v) is 4.74. The second kappa shape index (κ2) is 7.90. The van der Waals surface area contributed by atoms with E-state index in [1.54, 1.807) is 24.4 Å². The zero-order valence-corrected chi connectivity index (χ0v) is 17.3. The zero-order valence-electron chi connectivity index (χ0n) is 16.6. The highest BCUT2D eigenvalue weighted by Crippen LogP contribution is 2.38. The van der Waals surface area contributed by atoms with E-state index in [0.717, 1.165) is 6.54 Å². The number of para-hydroxylation sites is 1. The Morgan fingerprint density at radius 2 is 1.97 bits per heavy atom. The average Bonchev–Trinajstić information content (AvgIpc) is 3.28. The molecule has 1 fully saturated rings. The van der Waals surface area contributed by atoms with Gasteiger partial charge in [0, 0.05) is 60.5 Å². The number of rotatable bonds is 4. The van der Waals surface area contributed by atoms with Gasteiger partial charge in [0.25, 0.3) is 11.5 Å². The van der Waals surface area contributed by atoms with E-state index in [1.165, 1.54) is 12.1 Å². The standard InChI is InChI=1S/C23H20ClFN4O2/c24-16-6-7-20(25)14(8-16)9-28-10-15-11-29-13-19(23(31)27-21(29)18(15)12-28)22(30)26-17-4-2-1-3-5-17/h1-8,13,15,18H,9-12H2,(H,26,30)/t15-,18-/m1/s1. The van der Waals surface area contributed by atoms with Gasteiger partial charge >= 0.3 is 0 Å². The predicted octanol–water partition coefficient (Wildman–Crippen LogP) is 3.52. The number of benzene rings is 2. The fourth-order valence-electron chi connectivity index (χ4n) is 4.55. The summed E-state index contributed by atoms with van der Waals surface area (Å²) < 4.78 is 16.0. The summed E-state index contributed by atoms with van der Waals surface area (Å²) in [4.78, 5) is 31.6. The predicted molar refractivity (Wildman–Crippen MR) is 116 cm³/mol. The first kappa shape index (κ1) is 19.9. The Hall–Kier alpha value is -3.03. The minimum absolute atomic E-state index is 0.0328. The van der Waals surface area contributed by atoms with Crippen molar-refractivity contribution in [3.8, 4) is 0 Å². The van der Waals surface area contributed by atoms with E-state index in [-0.39, 0.29) is 23.2 Å². The zero-order chi connectivity index (χ0) is 21.5. The molecule has 2 atom stereocenters. The number of fused-ring (bicyclic) bond motifs is 3. The monoisotopic (exact) mass is 438 g/mol. The van der Waals surface area contributed by atoms with E-state index >= 15 is 0 Å². The third kappa shape index (κ3) is 3.86. The summed E-state index contributed by atoms with van der Waals surface area (Å²) in [5.74, 6) is 0.308. The second-order valence-corrected chi connectivity index (χ2v) is 8.52. The van der Waals surface area contributed by atoms with Gasteiger partial charge in [-0.05, 0) is 30.3 Å². The van der Waals surface area contributed by atoms with Crippen molar-refractivity contribution in [3.63, 3.8) is 0 Å². The lowest BCUT2D eigenvalue weighted by molar-refractivity contribution is 0.102. The van der Waals surface area contributed by atoms with Crippen molar-refractivity contribution in [2.24, 2.45) is 5.92 Å². The normalized spacial score (nSPS) is 19.8. The summed E-state index contributed by atoms with van der Waals surface area (Å²) in [7, 11) is 0. The van der Waals surface area contributed by atoms with Gasteiger partial charge in [-0.25, -0.2) is 4.39 Å². The second-order valence-electron chi connectivity index (χ2n) is 8.09. The molecule has 1 N–H and O–H groups in total. The van der Waals surface area contributed by atoms with Gasteiger partial charge in [-0.15, -0.1) is 0 Å². The van der Waals surface area contributed by atoms with Gasteiger partial charge in [-0.2, -0.15) is 4.98 Å². The first-order valence-corrected chi connectivity index (χ1v) is 10.5. The number of nitrogens with zero attached hydrogens (tertiary/aromatic N) is 3. The Balaban J connectivity index is 1.33. The first-order chi connectivity index (χ1) is 15.0. The van der Waals surface area contributed by atoms with Crippen molar-refractivity contribution in [2.75, 3.05) is 18.4 Å². The Morgan fingerprint density at radius 1 is 1.16 bits per heavy atom. The molecule has 1 saturated heterocycles. The van der Waals surface area contributed by atoms with Crippen molar-refractivity contribution in [2.45, 2.75) is 19.0 Å². The van der Waals surface area contributed by atoms with Gasteiger partial charge in [-0.3, -0.25) is 14.5 Å². The number of nitrogens with one attached hydrogen (secondary N) is 1. The van der Waals surface area contributed by atoms with Crippen LogP contribution in [0, 0.1) is 11.7 Å². The summed E-state index contributed by atoms with van der Waals surface area (Å²) in [6.07, 6.45) is 1.61. The molecule has 0 bridgehead atoms. The average molecular weight is 439 g/mol. The fraction of sp³-hybridized carbons (Fsp3) is 0.261. The van der Waals surface area contributed by atoms with E-state index in [1.807, 2.05) is 22.8 Å². The molecule has 158 valence electrons. The molecule has 31 heavy (non-hydrogen) atoms. The smallest absolute Gasteiger partial charge is 0.285 e. The van der Waals surface area contributed by atoms with Crippen LogP contribution in [-0.2, 0) is 13.1 Å². The van der Waals surface area contributed by atoms with Crippen molar-refractivity contribution < 1.29 is 9.18 Å².